The number of nitrogens with one attached hydrogen (secondary N) is 6. The molecule has 0 radical (unpaired) electrons. The third kappa shape index (κ3) is 17.6. The zero-order valence-electron chi connectivity index (χ0n) is 35.7. The van der Waals surface area contributed by atoms with E-state index in [0.29, 0.717) is 49.4 Å². The predicted molar refractivity (Wildman–Crippen MR) is 234 cm³/mol. The number of carboxylic acid groups (broad SMARTS) is 2. The average molecular weight is 946 g/mol. The van der Waals surface area contributed by atoms with Crippen LogP contribution in [0.15, 0.2) is 24.3 Å². The number of benzene rings is 1. The minimum absolute atomic E-state index is 0.0453. The summed E-state index contributed by atoms with van der Waals surface area (Å²) in [6.07, 6.45) is 4.71. The fraction of sp³-hybridized carbons (Fsp3) is 0.641. The molecular weight excluding hydrogens is 886 g/mol. The molecule has 3 rings (SSSR count). The van der Waals surface area contributed by atoms with Crippen LogP contribution in [0, 0.1) is 5.92 Å². The van der Waals surface area contributed by atoms with E-state index in [9.17, 15) is 62.9 Å². The second-order valence-corrected chi connectivity index (χ2v) is 18.7. The van der Waals surface area contributed by atoms with Gasteiger partial charge in [-0.1, -0.05) is 26.0 Å². The van der Waals surface area contributed by atoms with Gasteiger partial charge in [-0.05, 0) is 99.1 Å². The van der Waals surface area contributed by atoms with Gasteiger partial charge < -0.3 is 51.5 Å². The average Bonchev–Trinajstić information content (AvgIpc) is 3.94. The number of hydrogen-bond donors (Lipinski definition) is 10. The van der Waals surface area contributed by atoms with Gasteiger partial charge in [-0.25, -0.2) is 9.36 Å². The fourth-order valence-corrected chi connectivity index (χ4v) is 8.40. The second kappa shape index (κ2) is 25.8. The van der Waals surface area contributed by atoms with Gasteiger partial charge in [-0.2, -0.15) is 23.5 Å². The molecule has 0 aliphatic carbocycles. The molecule has 7 atom stereocenters. The van der Waals surface area contributed by atoms with Crippen LogP contribution in [0.3, 0.4) is 0 Å². The number of rotatable bonds is 26. The molecule has 21 nitrogen and oxygen atoms in total. The highest BCUT2D eigenvalue weighted by molar-refractivity contribution is 7.98. The molecule has 352 valence electrons. The summed E-state index contributed by atoms with van der Waals surface area (Å²) >= 11 is 2.75. The number of likely N-dealkylation sites (tertiary alicyclic amines) is 1. The molecule has 2 saturated heterocycles. The van der Waals surface area contributed by atoms with Crippen LogP contribution in [0.4, 0.5) is 0 Å². The monoisotopic (exact) mass is 945 g/mol. The van der Waals surface area contributed by atoms with Crippen molar-refractivity contribution >= 4 is 78.7 Å². The highest BCUT2D eigenvalue weighted by Crippen LogP contribution is 2.37. The highest BCUT2D eigenvalue weighted by Gasteiger charge is 2.40. The molecule has 63 heavy (non-hydrogen) atoms. The number of carbonyl (C=O) groups is 8. The molecule has 1 aromatic carbocycles. The number of carboxylic acids is 2. The van der Waals surface area contributed by atoms with Crippen molar-refractivity contribution in [3.63, 3.8) is 0 Å². The normalized spacial score (nSPS) is 18.6. The van der Waals surface area contributed by atoms with Crippen LogP contribution in [0.2, 0.25) is 0 Å². The lowest BCUT2D eigenvalue weighted by Crippen LogP contribution is -2.60. The first kappa shape index (κ1) is 52.9. The Morgan fingerprint density at radius 2 is 1.35 bits per heavy atom. The minimum atomic E-state index is -4.89. The van der Waals surface area contributed by atoms with Gasteiger partial charge in [0, 0.05) is 19.4 Å². The van der Waals surface area contributed by atoms with Crippen LogP contribution in [0.5, 0.6) is 5.75 Å². The van der Waals surface area contributed by atoms with Crippen molar-refractivity contribution in [3.05, 3.63) is 29.8 Å². The molecule has 2 heterocycles. The number of phosphoric ester groups is 1. The summed E-state index contributed by atoms with van der Waals surface area (Å²) in [4.78, 5) is 126. The summed E-state index contributed by atoms with van der Waals surface area (Å²) in [5.74, 6) is -6.73. The highest BCUT2D eigenvalue weighted by atomic mass is 32.2. The van der Waals surface area contributed by atoms with Gasteiger partial charge in [0.25, 0.3) is 0 Å². The van der Waals surface area contributed by atoms with Gasteiger partial charge in [0.2, 0.25) is 35.4 Å². The van der Waals surface area contributed by atoms with Gasteiger partial charge in [0.15, 0.2) is 0 Å². The van der Waals surface area contributed by atoms with Gasteiger partial charge in [0.05, 0.1) is 6.04 Å². The van der Waals surface area contributed by atoms with E-state index in [1.165, 1.54) is 52.7 Å². The van der Waals surface area contributed by atoms with Crippen molar-refractivity contribution in [2.24, 2.45) is 5.92 Å². The van der Waals surface area contributed by atoms with Crippen LogP contribution in [0.1, 0.15) is 70.8 Å². The van der Waals surface area contributed by atoms with E-state index in [0.717, 1.165) is 6.42 Å². The van der Waals surface area contributed by atoms with Gasteiger partial charge in [-0.3, -0.25) is 43.3 Å². The van der Waals surface area contributed by atoms with Gasteiger partial charge in [-0.15, -0.1) is 0 Å². The quantitative estimate of drug-likeness (QED) is 0.0546. The van der Waals surface area contributed by atoms with E-state index in [4.69, 9.17) is 0 Å². The van der Waals surface area contributed by atoms with Gasteiger partial charge in [0.1, 0.15) is 42.0 Å². The molecule has 7 unspecified atom stereocenters. The standard InChI is InChI=1S/C39H60N7O14PS2/c1-22(2)32(37(53)43-28(39(55)56)16-20-63-4)45-34(50)26(15-19-62-3)42-33(49)25(13-14-31(47)48)41-35(51)29(21-23-9-11-24(12-10-23)60-61(57,58)59)44-36(52)30-8-6-18-46(30)38(54)27-7-5-17-40-27/h9-12,22,25-30,32,40H,5-8,13-21H2,1-4H3,(H,41,51)(H,42,49)(H,43,53)(H,44,52)(H,45,50)(H,47,48)(H,55,56)(H2,57,58,59). The largest absolute Gasteiger partial charge is 0.524 e. The van der Waals surface area contributed by atoms with Crippen molar-refractivity contribution in [1.29, 1.82) is 0 Å². The van der Waals surface area contributed by atoms with E-state index >= 15 is 0 Å². The number of aliphatic carboxylic acids is 2. The zero-order chi connectivity index (χ0) is 46.9. The fourth-order valence-electron chi connectivity index (χ4n) is 7.06. The molecule has 2 fully saturated rings. The summed E-state index contributed by atoms with van der Waals surface area (Å²) in [7, 11) is -4.89. The van der Waals surface area contributed by atoms with Crippen molar-refractivity contribution < 1.29 is 67.4 Å². The maximum atomic E-state index is 14.2. The topological polar surface area (TPSA) is 319 Å². The minimum Gasteiger partial charge on any atom is -0.481 e. The summed E-state index contributed by atoms with van der Waals surface area (Å²) in [6.45, 7) is 4.26. The second-order valence-electron chi connectivity index (χ2n) is 15.6. The molecule has 2 aliphatic heterocycles. The number of carbonyl (C=O) groups excluding carboxylic acids is 6. The lowest BCUT2D eigenvalue weighted by Gasteiger charge is -2.29. The predicted octanol–water partition coefficient (Wildman–Crippen LogP) is -0.0208. The van der Waals surface area contributed by atoms with Crippen molar-refractivity contribution in [2.75, 3.05) is 37.1 Å². The molecule has 1 aromatic rings. The van der Waals surface area contributed by atoms with Crippen molar-refractivity contribution in [3.8, 4) is 5.75 Å². The van der Waals surface area contributed by atoms with Crippen LogP contribution >= 0.6 is 31.3 Å². The summed E-state index contributed by atoms with van der Waals surface area (Å²) in [5.41, 5.74) is 0.381. The lowest BCUT2D eigenvalue weighted by atomic mass is 10.0. The summed E-state index contributed by atoms with van der Waals surface area (Å²) < 4.78 is 16.0. The summed E-state index contributed by atoms with van der Waals surface area (Å²) in [5, 5.41) is 35.2. The van der Waals surface area contributed by atoms with E-state index < -0.39 is 110 Å². The Morgan fingerprint density at radius 1 is 0.778 bits per heavy atom. The van der Waals surface area contributed by atoms with E-state index in [1.807, 2.05) is 0 Å². The first-order valence-electron chi connectivity index (χ1n) is 20.6. The maximum absolute atomic E-state index is 14.2. The molecule has 10 N–H and O–H groups in total. The Morgan fingerprint density at radius 3 is 1.89 bits per heavy atom. The molecule has 0 bridgehead atoms. The van der Waals surface area contributed by atoms with E-state index in [2.05, 4.69) is 36.4 Å². The summed E-state index contributed by atoms with van der Waals surface area (Å²) in [6, 6.07) is -2.79. The third-order valence-electron chi connectivity index (χ3n) is 10.4. The number of nitrogens with zero attached hydrogens (tertiary/aromatic N) is 1. The molecule has 2 aliphatic rings. The SMILES string of the molecule is CSCCC(NC(=O)C(NC(=O)C(CCSC)NC(=O)C(CCC(=O)O)NC(=O)C(Cc1ccc(OP(=O)(O)O)cc1)NC(=O)C1CCCN1C(=O)C1CCCN1)C(C)C)C(=O)O. The zero-order valence-corrected chi connectivity index (χ0v) is 38.2. The molecule has 0 aromatic heterocycles. The Bertz CT molecular complexity index is 1810. The first-order chi connectivity index (χ1) is 29.7. The smallest absolute Gasteiger partial charge is 0.481 e. The Labute approximate surface area is 374 Å². The number of phosphoric acid groups is 1. The third-order valence-corrected chi connectivity index (χ3v) is 12.1. The van der Waals surface area contributed by atoms with Crippen molar-refractivity contribution in [2.45, 2.75) is 114 Å². The first-order valence-corrected chi connectivity index (χ1v) is 24.9. The van der Waals surface area contributed by atoms with E-state index in [-0.39, 0.29) is 30.9 Å². The van der Waals surface area contributed by atoms with Crippen LogP contribution in [0.25, 0.3) is 0 Å². The molecule has 6 amide bonds. The van der Waals surface area contributed by atoms with Gasteiger partial charge >= 0.3 is 19.8 Å². The van der Waals surface area contributed by atoms with Crippen LogP contribution < -0.4 is 36.4 Å². The molecule has 0 saturated carbocycles. The van der Waals surface area contributed by atoms with Crippen LogP contribution in [-0.4, -0.2) is 152 Å². The number of hydrogen-bond acceptors (Lipinski definition) is 13. The Balaban J connectivity index is 1.88. The Kier molecular flexibility index (Phi) is 21.7. The van der Waals surface area contributed by atoms with E-state index in [1.54, 1.807) is 26.4 Å². The molecule has 24 heteroatoms. The number of amides is 6. The lowest BCUT2D eigenvalue weighted by molar-refractivity contribution is -0.142. The van der Waals surface area contributed by atoms with Crippen molar-refractivity contribution in [1.82, 2.24) is 36.8 Å². The van der Waals surface area contributed by atoms with Crippen LogP contribution in [-0.2, 0) is 49.3 Å². The molecule has 0 spiro atoms. The molecular formula is C39H60N7O14PS2. The number of thioether (sulfide) groups is 2. The Hall–Kier alpha value is -4.41. The maximum Gasteiger partial charge on any atom is 0.524 e.